The molecule has 2 atom stereocenters. The first-order valence-corrected chi connectivity index (χ1v) is 4.93. The molecule has 74 valence electrons. The minimum Gasteiger partial charge on any atom is -0.335 e. The van der Waals surface area contributed by atoms with Gasteiger partial charge in [0.05, 0.1) is 0 Å². The third-order valence-electron chi connectivity index (χ3n) is 2.41. The van der Waals surface area contributed by atoms with Crippen LogP contribution in [0.2, 0.25) is 0 Å². The summed E-state index contributed by atoms with van der Waals surface area (Å²) in [5.74, 6) is 1.44. The molecule has 0 spiro atoms. The molecule has 1 aromatic heterocycles. The normalized spacial score (nSPS) is 15.7. The average molecular weight is 181 g/mol. The standard InChI is InChI=1S/C10H19N3/c1-4-6-13-7-5-12-10(13)8(2)9(3)11/h5,7-9H,4,6,11H2,1-3H3. The monoisotopic (exact) mass is 181 g/mol. The number of nitrogens with two attached hydrogens (primary N) is 1. The highest BCUT2D eigenvalue weighted by Gasteiger charge is 2.14. The van der Waals surface area contributed by atoms with Crippen LogP contribution in [0.15, 0.2) is 12.4 Å². The van der Waals surface area contributed by atoms with Crippen molar-refractivity contribution in [2.45, 2.75) is 45.7 Å². The molecule has 0 bridgehead atoms. The van der Waals surface area contributed by atoms with Crippen LogP contribution in [-0.4, -0.2) is 15.6 Å². The maximum Gasteiger partial charge on any atom is 0.113 e. The number of aromatic nitrogens is 2. The van der Waals surface area contributed by atoms with Gasteiger partial charge in [0.1, 0.15) is 5.82 Å². The molecule has 0 amide bonds. The second-order valence-corrected chi connectivity index (χ2v) is 3.63. The van der Waals surface area contributed by atoms with E-state index in [-0.39, 0.29) is 6.04 Å². The molecule has 3 heteroatoms. The van der Waals surface area contributed by atoms with Crippen LogP contribution in [0.5, 0.6) is 0 Å². The van der Waals surface area contributed by atoms with Crippen molar-refractivity contribution < 1.29 is 0 Å². The molecule has 1 rings (SSSR count). The first kappa shape index (κ1) is 10.3. The Morgan fingerprint density at radius 3 is 2.77 bits per heavy atom. The molecule has 1 aromatic rings. The Kier molecular flexibility index (Phi) is 3.48. The van der Waals surface area contributed by atoms with E-state index in [1.54, 1.807) is 0 Å². The van der Waals surface area contributed by atoms with Gasteiger partial charge in [0.15, 0.2) is 0 Å². The highest BCUT2D eigenvalue weighted by atomic mass is 15.1. The van der Waals surface area contributed by atoms with Gasteiger partial charge >= 0.3 is 0 Å². The minimum atomic E-state index is 0.165. The van der Waals surface area contributed by atoms with E-state index >= 15 is 0 Å². The van der Waals surface area contributed by atoms with Gasteiger partial charge in [0.2, 0.25) is 0 Å². The average Bonchev–Trinajstić information content (AvgIpc) is 2.52. The predicted octanol–water partition coefficient (Wildman–Crippen LogP) is 1.74. The zero-order valence-corrected chi connectivity index (χ0v) is 8.70. The van der Waals surface area contributed by atoms with Gasteiger partial charge < -0.3 is 10.3 Å². The van der Waals surface area contributed by atoms with E-state index in [1.165, 1.54) is 0 Å². The highest BCUT2D eigenvalue weighted by molar-refractivity contribution is 5.01. The zero-order valence-electron chi connectivity index (χ0n) is 8.70. The molecule has 0 radical (unpaired) electrons. The summed E-state index contributed by atoms with van der Waals surface area (Å²) in [7, 11) is 0. The lowest BCUT2D eigenvalue weighted by Gasteiger charge is -2.16. The van der Waals surface area contributed by atoms with Crippen molar-refractivity contribution in [1.29, 1.82) is 0 Å². The quantitative estimate of drug-likeness (QED) is 0.769. The van der Waals surface area contributed by atoms with Gasteiger partial charge in [-0.05, 0) is 13.3 Å². The van der Waals surface area contributed by atoms with Crippen LogP contribution in [0.25, 0.3) is 0 Å². The Hall–Kier alpha value is -0.830. The van der Waals surface area contributed by atoms with Gasteiger partial charge in [-0.3, -0.25) is 0 Å². The van der Waals surface area contributed by atoms with Crippen molar-refractivity contribution in [3.05, 3.63) is 18.2 Å². The number of aryl methyl sites for hydroxylation is 1. The Labute approximate surface area is 80.0 Å². The molecule has 3 nitrogen and oxygen atoms in total. The largest absolute Gasteiger partial charge is 0.335 e. The van der Waals surface area contributed by atoms with E-state index in [0.29, 0.717) is 5.92 Å². The lowest BCUT2D eigenvalue weighted by molar-refractivity contribution is 0.532. The van der Waals surface area contributed by atoms with Crippen LogP contribution in [0.1, 0.15) is 38.9 Å². The van der Waals surface area contributed by atoms with Gasteiger partial charge in [0.25, 0.3) is 0 Å². The summed E-state index contributed by atoms with van der Waals surface area (Å²) in [6.07, 6.45) is 5.01. The first-order valence-electron chi connectivity index (χ1n) is 4.93. The second-order valence-electron chi connectivity index (χ2n) is 3.63. The summed E-state index contributed by atoms with van der Waals surface area (Å²) in [4.78, 5) is 4.34. The molecule has 0 aliphatic carbocycles. The molecule has 0 aromatic carbocycles. The van der Waals surface area contributed by atoms with Gasteiger partial charge in [-0.1, -0.05) is 13.8 Å². The minimum absolute atomic E-state index is 0.165. The van der Waals surface area contributed by atoms with Gasteiger partial charge in [-0.2, -0.15) is 0 Å². The predicted molar refractivity (Wildman–Crippen MR) is 54.6 cm³/mol. The van der Waals surface area contributed by atoms with E-state index in [2.05, 4.69) is 23.4 Å². The second kappa shape index (κ2) is 4.42. The number of hydrogen-bond donors (Lipinski definition) is 1. The van der Waals surface area contributed by atoms with Crippen LogP contribution in [0, 0.1) is 0 Å². The smallest absolute Gasteiger partial charge is 0.113 e. The van der Waals surface area contributed by atoms with E-state index < -0.39 is 0 Å². The third-order valence-corrected chi connectivity index (χ3v) is 2.41. The third kappa shape index (κ3) is 2.31. The van der Waals surface area contributed by atoms with Crippen molar-refractivity contribution in [2.75, 3.05) is 0 Å². The van der Waals surface area contributed by atoms with Crippen molar-refractivity contribution in [3.8, 4) is 0 Å². The molecule has 1 heterocycles. The fraction of sp³-hybridized carbons (Fsp3) is 0.700. The molecule has 0 saturated carbocycles. The summed E-state index contributed by atoms with van der Waals surface area (Å²) in [5.41, 5.74) is 5.84. The number of imidazole rings is 1. The van der Waals surface area contributed by atoms with Gasteiger partial charge in [-0.15, -0.1) is 0 Å². The summed E-state index contributed by atoms with van der Waals surface area (Å²) < 4.78 is 2.19. The van der Waals surface area contributed by atoms with Gasteiger partial charge in [0, 0.05) is 30.9 Å². The van der Waals surface area contributed by atoms with Crippen molar-refractivity contribution in [2.24, 2.45) is 5.73 Å². The zero-order chi connectivity index (χ0) is 9.84. The summed E-state index contributed by atoms with van der Waals surface area (Å²) in [6, 6.07) is 0.165. The van der Waals surface area contributed by atoms with E-state index in [4.69, 9.17) is 5.73 Å². The number of nitrogens with zero attached hydrogens (tertiary/aromatic N) is 2. The van der Waals surface area contributed by atoms with Crippen LogP contribution in [0.4, 0.5) is 0 Å². The van der Waals surface area contributed by atoms with Crippen molar-refractivity contribution >= 4 is 0 Å². The van der Waals surface area contributed by atoms with Crippen molar-refractivity contribution in [3.63, 3.8) is 0 Å². The Balaban J connectivity index is 2.80. The fourth-order valence-corrected chi connectivity index (χ4v) is 1.38. The van der Waals surface area contributed by atoms with Crippen LogP contribution in [-0.2, 0) is 6.54 Å². The molecule has 2 N–H and O–H groups in total. The summed E-state index contributed by atoms with van der Waals surface area (Å²) in [5, 5.41) is 0. The topological polar surface area (TPSA) is 43.8 Å². The molecule has 0 fully saturated rings. The Bertz CT molecular complexity index is 252. The highest BCUT2D eigenvalue weighted by Crippen LogP contribution is 2.15. The van der Waals surface area contributed by atoms with Crippen molar-refractivity contribution in [1.82, 2.24) is 9.55 Å². The summed E-state index contributed by atoms with van der Waals surface area (Å²) >= 11 is 0. The molecular weight excluding hydrogens is 162 g/mol. The van der Waals surface area contributed by atoms with Gasteiger partial charge in [-0.25, -0.2) is 4.98 Å². The first-order chi connectivity index (χ1) is 6.16. The Morgan fingerprint density at radius 1 is 1.54 bits per heavy atom. The summed E-state index contributed by atoms with van der Waals surface area (Å²) in [6.45, 7) is 7.35. The number of hydrogen-bond acceptors (Lipinski definition) is 2. The van der Waals surface area contributed by atoms with Crippen LogP contribution in [0.3, 0.4) is 0 Å². The lowest BCUT2D eigenvalue weighted by Crippen LogP contribution is -2.25. The van der Waals surface area contributed by atoms with Crippen LogP contribution < -0.4 is 5.73 Å². The molecule has 2 unspecified atom stereocenters. The molecule has 0 aliphatic rings. The SMILES string of the molecule is CCCn1ccnc1C(C)C(C)N. The molecular formula is C10H19N3. The number of rotatable bonds is 4. The molecule has 13 heavy (non-hydrogen) atoms. The fourth-order valence-electron chi connectivity index (χ4n) is 1.38. The molecule has 0 aliphatic heterocycles. The Morgan fingerprint density at radius 2 is 2.23 bits per heavy atom. The maximum atomic E-state index is 5.84. The van der Waals surface area contributed by atoms with E-state index in [9.17, 15) is 0 Å². The maximum absolute atomic E-state index is 5.84. The lowest BCUT2D eigenvalue weighted by atomic mass is 10.0. The van der Waals surface area contributed by atoms with E-state index in [1.807, 2.05) is 19.3 Å². The van der Waals surface area contributed by atoms with Crippen LogP contribution >= 0.6 is 0 Å². The van der Waals surface area contributed by atoms with E-state index in [0.717, 1.165) is 18.8 Å². The molecule has 0 saturated heterocycles.